The molecule has 6 nitrogen and oxygen atoms in total. The Labute approximate surface area is 201 Å². The molecule has 2 atom stereocenters. The van der Waals surface area contributed by atoms with E-state index in [0.717, 1.165) is 57.4 Å². The fourth-order valence-electron chi connectivity index (χ4n) is 3.76. The van der Waals surface area contributed by atoms with E-state index in [0.29, 0.717) is 12.3 Å². The molecule has 7 heteroatoms. The lowest BCUT2D eigenvalue weighted by Crippen LogP contribution is -2.59. The molecular formula is C23H45IN4O2. The first-order chi connectivity index (χ1) is 13.6. The van der Waals surface area contributed by atoms with Gasteiger partial charge in [-0.2, -0.15) is 0 Å². The summed E-state index contributed by atoms with van der Waals surface area (Å²) in [5.41, 5.74) is 5.50. The third kappa shape index (κ3) is 10.5. The topological polar surface area (TPSA) is 91.4 Å². The normalized spacial score (nSPS) is 23.0. The van der Waals surface area contributed by atoms with Crippen LogP contribution in [-0.2, 0) is 9.53 Å². The van der Waals surface area contributed by atoms with Crippen LogP contribution in [0.1, 0.15) is 66.7 Å². The number of nitrogens with one attached hydrogen (secondary N) is 2. The van der Waals surface area contributed by atoms with Gasteiger partial charge in [0.25, 0.3) is 0 Å². The molecule has 1 saturated heterocycles. The van der Waals surface area contributed by atoms with E-state index in [4.69, 9.17) is 15.9 Å². The number of aldehydes is 1. The minimum Gasteiger partial charge on any atom is -0.399 e. The predicted octanol–water partition coefficient (Wildman–Crippen LogP) is 4.49. The van der Waals surface area contributed by atoms with Crippen molar-refractivity contribution in [3.63, 3.8) is 0 Å². The fourth-order valence-corrected chi connectivity index (χ4v) is 3.76. The quantitative estimate of drug-likeness (QED) is 0.264. The zero-order valence-electron chi connectivity index (χ0n) is 18.4. The molecule has 0 bridgehead atoms. The van der Waals surface area contributed by atoms with Crippen LogP contribution in [0, 0.1) is 11.3 Å². The highest BCUT2D eigenvalue weighted by atomic mass is 127. The van der Waals surface area contributed by atoms with E-state index in [9.17, 15) is 4.79 Å². The first kappa shape index (κ1) is 31.4. The fraction of sp³-hybridized carbons (Fsp3) is 0.739. The average Bonchev–Trinajstić information content (AvgIpc) is 3.23. The number of carbonyl (C=O) groups is 1. The number of hydrogen-bond acceptors (Lipinski definition) is 6. The number of halogens is 1. The number of allylic oxidation sites excluding steroid dienone is 3. The van der Waals surface area contributed by atoms with Crippen LogP contribution in [0.2, 0.25) is 0 Å². The van der Waals surface area contributed by atoms with Gasteiger partial charge in [0.15, 0.2) is 12.0 Å². The van der Waals surface area contributed by atoms with Crippen LogP contribution in [0.4, 0.5) is 0 Å². The van der Waals surface area contributed by atoms with E-state index >= 15 is 0 Å². The van der Waals surface area contributed by atoms with Gasteiger partial charge < -0.3 is 21.2 Å². The molecule has 3 rings (SSSR count). The van der Waals surface area contributed by atoms with Crippen molar-refractivity contribution >= 4 is 36.5 Å². The molecule has 0 aromatic rings. The molecule has 1 aliphatic heterocycles. The van der Waals surface area contributed by atoms with Crippen LogP contribution in [0.3, 0.4) is 0 Å². The Balaban J connectivity index is 0. The van der Waals surface area contributed by atoms with E-state index in [-0.39, 0.29) is 37.5 Å². The summed E-state index contributed by atoms with van der Waals surface area (Å²) in [5.74, 6) is 0.639. The summed E-state index contributed by atoms with van der Waals surface area (Å²) < 4.78 is 6.11. The number of nitrogens with zero attached hydrogens (tertiary/aromatic N) is 1. The molecule has 2 fully saturated rings. The Morgan fingerprint density at radius 2 is 1.90 bits per heavy atom. The Hall–Kier alpha value is -0.770. The van der Waals surface area contributed by atoms with Gasteiger partial charge in [0.2, 0.25) is 0 Å². The molecule has 0 aromatic heterocycles. The van der Waals surface area contributed by atoms with Crippen molar-refractivity contribution in [2.45, 2.75) is 78.6 Å². The largest absolute Gasteiger partial charge is 0.399 e. The molecule has 30 heavy (non-hydrogen) atoms. The van der Waals surface area contributed by atoms with Crippen molar-refractivity contribution < 1.29 is 9.53 Å². The maximum Gasteiger partial charge on any atom is 0.183 e. The summed E-state index contributed by atoms with van der Waals surface area (Å²) in [6.07, 6.45) is 14.5. The van der Waals surface area contributed by atoms with Gasteiger partial charge in [-0.05, 0) is 37.5 Å². The lowest BCUT2D eigenvalue weighted by atomic mass is 10.0. The Morgan fingerprint density at radius 3 is 2.33 bits per heavy atom. The highest BCUT2D eigenvalue weighted by molar-refractivity contribution is 14.0. The van der Waals surface area contributed by atoms with Crippen LogP contribution in [0.5, 0.6) is 0 Å². The van der Waals surface area contributed by atoms with Gasteiger partial charge in [0, 0.05) is 38.3 Å². The van der Waals surface area contributed by atoms with Gasteiger partial charge in [-0.25, -0.2) is 0 Å². The van der Waals surface area contributed by atoms with E-state index < -0.39 is 5.72 Å². The van der Waals surface area contributed by atoms with Crippen LogP contribution in [-0.4, -0.2) is 55.4 Å². The summed E-state index contributed by atoms with van der Waals surface area (Å²) in [4.78, 5) is 13.7. The first-order valence-corrected chi connectivity index (χ1v) is 10.8. The monoisotopic (exact) mass is 536 g/mol. The summed E-state index contributed by atoms with van der Waals surface area (Å²) in [6.45, 7) is 9.53. The standard InChI is InChI=1S/C13H23N3O2.C7H11N.C2H6.CH4.HI/c14-6-5-13(11-17,16-9-7-15-8-10-16)18-12-3-1-2-4-12;1-6-3-2-4-7(8)5-6;1-2;;/h6,11-12,14-15H,1-5,7-10H2;2,4-6H,3,8H2,1H3;1-2H3;1H4;1H. The van der Waals surface area contributed by atoms with Gasteiger partial charge in [0.1, 0.15) is 0 Å². The van der Waals surface area contributed by atoms with E-state index in [1.165, 1.54) is 19.1 Å². The van der Waals surface area contributed by atoms with E-state index in [2.05, 4.69) is 29.3 Å². The molecule has 2 aliphatic carbocycles. The maximum atomic E-state index is 11.6. The summed E-state index contributed by atoms with van der Waals surface area (Å²) >= 11 is 0. The molecule has 3 aliphatic rings. The van der Waals surface area contributed by atoms with Gasteiger partial charge in [-0.15, -0.1) is 24.0 Å². The van der Waals surface area contributed by atoms with Gasteiger partial charge in [-0.1, -0.05) is 53.2 Å². The average molecular weight is 537 g/mol. The van der Waals surface area contributed by atoms with Crippen molar-refractivity contribution in [2.75, 3.05) is 26.2 Å². The molecule has 4 N–H and O–H groups in total. The minimum atomic E-state index is -0.904. The predicted molar refractivity (Wildman–Crippen MR) is 139 cm³/mol. The highest BCUT2D eigenvalue weighted by Gasteiger charge is 2.40. The third-order valence-corrected chi connectivity index (χ3v) is 5.20. The molecule has 1 heterocycles. The second kappa shape index (κ2) is 17.9. The van der Waals surface area contributed by atoms with Crippen molar-refractivity contribution in [1.29, 1.82) is 5.41 Å². The van der Waals surface area contributed by atoms with Crippen LogP contribution in [0.25, 0.3) is 0 Å². The SMILES string of the molecule is C.CC.CC1C=C(N)C=CC1.I.N=CCC(C=O)(OC1CCCC1)N1CCNCC1. The van der Waals surface area contributed by atoms with E-state index in [1.54, 1.807) is 0 Å². The summed E-state index contributed by atoms with van der Waals surface area (Å²) in [5, 5.41) is 10.6. The molecular weight excluding hydrogens is 491 g/mol. The molecule has 176 valence electrons. The van der Waals surface area contributed by atoms with Crippen LogP contribution >= 0.6 is 24.0 Å². The minimum absolute atomic E-state index is 0. The zero-order valence-corrected chi connectivity index (χ0v) is 20.7. The van der Waals surface area contributed by atoms with Crippen LogP contribution in [0.15, 0.2) is 23.9 Å². The summed E-state index contributed by atoms with van der Waals surface area (Å²) in [7, 11) is 0. The highest BCUT2D eigenvalue weighted by Crippen LogP contribution is 2.29. The van der Waals surface area contributed by atoms with Crippen molar-refractivity contribution in [1.82, 2.24) is 10.2 Å². The van der Waals surface area contributed by atoms with E-state index in [1.807, 2.05) is 19.9 Å². The van der Waals surface area contributed by atoms with Gasteiger partial charge in [0.05, 0.1) is 6.10 Å². The third-order valence-electron chi connectivity index (χ3n) is 5.20. The number of rotatable bonds is 6. The second-order valence-corrected chi connectivity index (χ2v) is 7.41. The molecule has 0 spiro atoms. The first-order valence-electron chi connectivity index (χ1n) is 10.8. The Kier molecular flexibility index (Phi) is 18.7. The summed E-state index contributed by atoms with van der Waals surface area (Å²) in [6, 6.07) is 0. The van der Waals surface area contributed by atoms with Crippen molar-refractivity contribution in [3.8, 4) is 0 Å². The Morgan fingerprint density at radius 1 is 1.30 bits per heavy atom. The Bertz CT molecular complexity index is 515. The van der Waals surface area contributed by atoms with Crippen molar-refractivity contribution in [3.05, 3.63) is 23.9 Å². The number of piperazine rings is 1. The smallest absolute Gasteiger partial charge is 0.183 e. The second-order valence-electron chi connectivity index (χ2n) is 7.41. The molecule has 0 radical (unpaired) electrons. The van der Waals surface area contributed by atoms with Gasteiger partial charge >= 0.3 is 0 Å². The number of hydrogen-bond donors (Lipinski definition) is 3. The lowest BCUT2D eigenvalue weighted by molar-refractivity contribution is -0.181. The molecule has 0 amide bonds. The van der Waals surface area contributed by atoms with Crippen molar-refractivity contribution in [2.24, 2.45) is 11.7 Å². The number of nitrogens with two attached hydrogens (primary N) is 1. The zero-order chi connectivity index (χ0) is 20.8. The maximum absolute atomic E-state index is 11.6. The lowest BCUT2D eigenvalue weighted by Gasteiger charge is -2.42. The number of carbonyl (C=O) groups excluding carboxylic acids is 1. The molecule has 1 saturated carbocycles. The molecule has 2 unspecified atom stereocenters. The van der Waals surface area contributed by atoms with Gasteiger partial charge in [-0.3, -0.25) is 9.69 Å². The molecule has 0 aromatic carbocycles. The van der Waals surface area contributed by atoms with Crippen LogP contribution < -0.4 is 11.1 Å². The number of ether oxygens (including phenoxy) is 1.